The van der Waals surface area contributed by atoms with Gasteiger partial charge in [-0.3, -0.25) is 0 Å². The van der Waals surface area contributed by atoms with Crippen molar-refractivity contribution >= 4 is 33.3 Å². The van der Waals surface area contributed by atoms with E-state index in [1.807, 2.05) is 0 Å². The zero-order chi connectivity index (χ0) is 11.3. The second-order valence-corrected chi connectivity index (χ2v) is 4.30. The van der Waals surface area contributed by atoms with Crippen LogP contribution >= 0.6 is 27.5 Å². The van der Waals surface area contributed by atoms with Crippen LogP contribution in [0.2, 0.25) is 5.15 Å². The third kappa shape index (κ3) is 3.93. The summed E-state index contributed by atoms with van der Waals surface area (Å²) in [6.07, 6.45) is 1.44. The van der Waals surface area contributed by atoms with Crippen molar-refractivity contribution in [3.63, 3.8) is 0 Å². The third-order valence-electron chi connectivity index (χ3n) is 2.07. The number of rotatable bonds is 5. The van der Waals surface area contributed by atoms with Crippen LogP contribution in [0.25, 0.3) is 0 Å². The molecule has 0 aliphatic rings. The summed E-state index contributed by atoms with van der Waals surface area (Å²) in [6, 6.07) is 0. The molecule has 0 atom stereocenters. The highest BCUT2D eigenvalue weighted by atomic mass is 79.9. The Morgan fingerprint density at radius 1 is 1.53 bits per heavy atom. The van der Waals surface area contributed by atoms with Gasteiger partial charge in [0, 0.05) is 13.1 Å². The van der Waals surface area contributed by atoms with Gasteiger partial charge in [-0.1, -0.05) is 18.5 Å². The molecule has 15 heavy (non-hydrogen) atoms. The number of nitrogens with one attached hydrogen (secondary N) is 1. The minimum atomic E-state index is 0.427. The van der Waals surface area contributed by atoms with E-state index in [4.69, 9.17) is 11.6 Å². The summed E-state index contributed by atoms with van der Waals surface area (Å²) in [5, 5.41) is 3.62. The lowest BCUT2D eigenvalue weighted by Crippen LogP contribution is -2.25. The summed E-state index contributed by atoms with van der Waals surface area (Å²) in [5.41, 5.74) is 0. The predicted molar refractivity (Wildman–Crippen MR) is 66.4 cm³/mol. The highest BCUT2D eigenvalue weighted by Crippen LogP contribution is 2.25. The summed E-state index contributed by atoms with van der Waals surface area (Å²) in [5.74, 6) is 0.736. The average Bonchev–Trinajstić information content (AvgIpc) is 2.24. The Labute approximate surface area is 103 Å². The molecule has 0 aliphatic carbocycles. The average molecular weight is 294 g/mol. The topological polar surface area (TPSA) is 41.0 Å². The normalized spacial score (nSPS) is 10.7. The van der Waals surface area contributed by atoms with Crippen LogP contribution in [0.5, 0.6) is 0 Å². The standard InChI is InChI=1S/C9H14BrClN4/c1-3-15(2)5-4-12-9-7(10)8(11)13-6-14-9/h6H,3-5H2,1-2H3,(H,12,13,14). The first kappa shape index (κ1) is 12.7. The summed E-state index contributed by atoms with van der Waals surface area (Å²) in [4.78, 5) is 10.2. The Balaban J connectivity index is 2.47. The Morgan fingerprint density at radius 2 is 2.27 bits per heavy atom. The van der Waals surface area contributed by atoms with E-state index >= 15 is 0 Å². The fourth-order valence-corrected chi connectivity index (χ4v) is 1.47. The molecule has 0 fully saturated rings. The highest BCUT2D eigenvalue weighted by Gasteiger charge is 2.05. The first-order chi connectivity index (χ1) is 7.15. The molecule has 1 aromatic heterocycles. The van der Waals surface area contributed by atoms with Crippen LogP contribution in [0, 0.1) is 0 Å². The predicted octanol–water partition coefficient (Wildman–Crippen LogP) is 2.26. The van der Waals surface area contributed by atoms with E-state index in [-0.39, 0.29) is 0 Å². The molecule has 0 spiro atoms. The lowest BCUT2D eigenvalue weighted by molar-refractivity contribution is 0.367. The van der Waals surface area contributed by atoms with Crippen LogP contribution in [0.1, 0.15) is 6.92 Å². The maximum Gasteiger partial charge on any atom is 0.148 e. The zero-order valence-electron chi connectivity index (χ0n) is 8.80. The van der Waals surface area contributed by atoms with Crippen LogP contribution in [0.4, 0.5) is 5.82 Å². The lowest BCUT2D eigenvalue weighted by atomic mass is 10.5. The molecule has 4 nitrogen and oxygen atoms in total. The molecule has 0 aromatic carbocycles. The molecule has 1 rings (SSSR count). The third-order valence-corrected chi connectivity index (χ3v) is 3.34. The van der Waals surface area contributed by atoms with Crippen LogP contribution in [0.3, 0.4) is 0 Å². The van der Waals surface area contributed by atoms with E-state index in [2.05, 4.69) is 50.1 Å². The van der Waals surface area contributed by atoms with E-state index < -0.39 is 0 Å². The molecule has 0 aliphatic heterocycles. The SMILES string of the molecule is CCN(C)CCNc1ncnc(Cl)c1Br. The fraction of sp³-hybridized carbons (Fsp3) is 0.556. The quantitative estimate of drug-likeness (QED) is 0.846. The fourth-order valence-electron chi connectivity index (χ4n) is 0.995. The van der Waals surface area contributed by atoms with E-state index in [1.54, 1.807) is 0 Å². The molecule has 1 heterocycles. The minimum absolute atomic E-state index is 0.427. The minimum Gasteiger partial charge on any atom is -0.368 e. The summed E-state index contributed by atoms with van der Waals surface area (Å²) >= 11 is 9.17. The highest BCUT2D eigenvalue weighted by molar-refractivity contribution is 9.10. The van der Waals surface area contributed by atoms with E-state index in [0.29, 0.717) is 9.63 Å². The first-order valence-corrected chi connectivity index (χ1v) is 5.90. The number of anilines is 1. The molecule has 1 aromatic rings. The monoisotopic (exact) mass is 292 g/mol. The Bertz CT molecular complexity index is 321. The van der Waals surface area contributed by atoms with E-state index in [0.717, 1.165) is 25.5 Å². The molecule has 0 saturated heterocycles. The second kappa shape index (κ2) is 6.25. The summed E-state index contributed by atoms with van der Waals surface area (Å²) < 4.78 is 0.714. The van der Waals surface area contributed by atoms with Gasteiger partial charge in [0.15, 0.2) is 0 Å². The number of hydrogen-bond donors (Lipinski definition) is 1. The Morgan fingerprint density at radius 3 is 2.93 bits per heavy atom. The van der Waals surface area contributed by atoms with Crippen molar-refractivity contribution in [2.75, 3.05) is 32.0 Å². The summed E-state index contributed by atoms with van der Waals surface area (Å²) in [7, 11) is 2.07. The van der Waals surface area contributed by atoms with Gasteiger partial charge in [-0.2, -0.15) is 0 Å². The molecule has 0 radical (unpaired) electrons. The molecular formula is C9H14BrClN4. The molecule has 0 bridgehead atoms. The van der Waals surface area contributed by atoms with Crippen LogP contribution in [0.15, 0.2) is 10.8 Å². The van der Waals surface area contributed by atoms with Gasteiger partial charge in [0.1, 0.15) is 17.3 Å². The molecule has 84 valence electrons. The van der Waals surface area contributed by atoms with Gasteiger partial charge in [0.05, 0.1) is 4.47 Å². The van der Waals surface area contributed by atoms with Crippen LogP contribution < -0.4 is 5.32 Å². The summed E-state index contributed by atoms with van der Waals surface area (Å²) in [6.45, 7) is 4.95. The Kier molecular flexibility index (Phi) is 5.28. The van der Waals surface area contributed by atoms with Gasteiger partial charge in [0.2, 0.25) is 0 Å². The Hall–Kier alpha value is -0.390. The van der Waals surface area contributed by atoms with Crippen molar-refractivity contribution in [1.29, 1.82) is 0 Å². The molecule has 0 unspecified atom stereocenters. The molecule has 6 heteroatoms. The van der Waals surface area contributed by atoms with Crippen molar-refractivity contribution in [3.8, 4) is 0 Å². The van der Waals surface area contributed by atoms with Gasteiger partial charge in [-0.05, 0) is 29.5 Å². The van der Waals surface area contributed by atoms with Crippen molar-refractivity contribution < 1.29 is 0 Å². The second-order valence-electron chi connectivity index (χ2n) is 3.15. The van der Waals surface area contributed by atoms with Crippen molar-refractivity contribution in [2.24, 2.45) is 0 Å². The number of likely N-dealkylation sites (N-methyl/N-ethyl adjacent to an activating group) is 1. The van der Waals surface area contributed by atoms with Crippen LogP contribution in [-0.2, 0) is 0 Å². The van der Waals surface area contributed by atoms with E-state index in [1.165, 1.54) is 6.33 Å². The molecule has 1 N–H and O–H groups in total. The maximum absolute atomic E-state index is 5.83. The van der Waals surface area contributed by atoms with Gasteiger partial charge in [-0.25, -0.2) is 9.97 Å². The van der Waals surface area contributed by atoms with Crippen molar-refractivity contribution in [3.05, 3.63) is 16.0 Å². The van der Waals surface area contributed by atoms with Crippen molar-refractivity contribution in [2.45, 2.75) is 6.92 Å². The van der Waals surface area contributed by atoms with Gasteiger partial charge in [0.25, 0.3) is 0 Å². The molecular weight excluding hydrogens is 279 g/mol. The zero-order valence-corrected chi connectivity index (χ0v) is 11.1. The van der Waals surface area contributed by atoms with Gasteiger partial charge >= 0.3 is 0 Å². The maximum atomic E-state index is 5.83. The van der Waals surface area contributed by atoms with Gasteiger partial charge < -0.3 is 10.2 Å². The van der Waals surface area contributed by atoms with E-state index in [9.17, 15) is 0 Å². The molecule has 0 amide bonds. The number of nitrogens with zero attached hydrogens (tertiary/aromatic N) is 3. The smallest absolute Gasteiger partial charge is 0.148 e. The van der Waals surface area contributed by atoms with Crippen LogP contribution in [-0.4, -0.2) is 41.5 Å². The van der Waals surface area contributed by atoms with Crippen molar-refractivity contribution in [1.82, 2.24) is 14.9 Å². The number of aromatic nitrogens is 2. The number of hydrogen-bond acceptors (Lipinski definition) is 4. The number of halogens is 2. The van der Waals surface area contributed by atoms with Gasteiger partial charge in [-0.15, -0.1) is 0 Å². The molecule has 0 saturated carbocycles. The largest absolute Gasteiger partial charge is 0.368 e. The lowest BCUT2D eigenvalue weighted by Gasteiger charge is -2.14. The first-order valence-electron chi connectivity index (χ1n) is 4.73.